The summed E-state index contributed by atoms with van der Waals surface area (Å²) in [6, 6.07) is 7.84. The Balaban J connectivity index is 0.00000289. The van der Waals surface area contributed by atoms with E-state index in [2.05, 4.69) is 12.6 Å². The molecule has 0 aliphatic carbocycles. The summed E-state index contributed by atoms with van der Waals surface area (Å²) in [4.78, 5) is 0. The topological polar surface area (TPSA) is 44.5 Å². The van der Waals surface area contributed by atoms with E-state index in [4.69, 9.17) is 15.2 Å². The average molecular weight is 292 g/mol. The van der Waals surface area contributed by atoms with Crippen LogP contribution in [-0.2, 0) is 0 Å². The van der Waals surface area contributed by atoms with Gasteiger partial charge >= 0.3 is 0 Å². The molecule has 3 nitrogen and oxygen atoms in total. The summed E-state index contributed by atoms with van der Waals surface area (Å²) in [5.41, 5.74) is 5.76. The Hall–Kier alpha value is -0.580. The number of ether oxygens (including phenoxy) is 2. The molecule has 0 aliphatic rings. The Bertz CT molecular complexity index is 308. The van der Waals surface area contributed by atoms with Crippen molar-refractivity contribution in [2.75, 3.05) is 19.0 Å². The summed E-state index contributed by atoms with van der Waals surface area (Å²) in [5.74, 6) is 2.47. The van der Waals surface area contributed by atoms with E-state index in [1.807, 2.05) is 31.2 Å². The van der Waals surface area contributed by atoms with Gasteiger partial charge < -0.3 is 15.2 Å². The average Bonchev–Trinajstić information content (AvgIpc) is 2.36. The van der Waals surface area contributed by atoms with Crippen molar-refractivity contribution in [1.82, 2.24) is 0 Å². The van der Waals surface area contributed by atoms with Crippen LogP contribution in [0.25, 0.3) is 0 Å². The van der Waals surface area contributed by atoms with Gasteiger partial charge in [0.25, 0.3) is 0 Å². The van der Waals surface area contributed by atoms with Crippen LogP contribution in [0.3, 0.4) is 0 Å². The molecule has 2 N–H and O–H groups in total. The quantitative estimate of drug-likeness (QED) is 0.572. The van der Waals surface area contributed by atoms with Crippen molar-refractivity contribution in [2.45, 2.75) is 25.8 Å². The van der Waals surface area contributed by atoms with E-state index >= 15 is 0 Å². The fourth-order valence-electron chi connectivity index (χ4n) is 1.43. The summed E-state index contributed by atoms with van der Waals surface area (Å²) in [6.07, 6.45) is 1.90. The summed E-state index contributed by atoms with van der Waals surface area (Å²) in [5, 5.41) is 0. The van der Waals surface area contributed by atoms with Gasteiger partial charge in [-0.15, -0.1) is 12.4 Å². The SMILES string of the molecule is CCOc1ccc(OCCCC(N)CS)cc1.Cl. The van der Waals surface area contributed by atoms with Gasteiger partial charge in [-0.2, -0.15) is 12.6 Å². The summed E-state index contributed by atoms with van der Waals surface area (Å²) >= 11 is 4.14. The molecule has 1 unspecified atom stereocenters. The van der Waals surface area contributed by atoms with Crippen molar-refractivity contribution in [2.24, 2.45) is 5.73 Å². The minimum atomic E-state index is 0. The van der Waals surface area contributed by atoms with E-state index in [0.717, 1.165) is 30.1 Å². The Labute approximate surface area is 121 Å². The number of nitrogens with two attached hydrogens (primary N) is 1. The Morgan fingerprint density at radius 1 is 1.17 bits per heavy atom. The molecule has 0 spiro atoms. The van der Waals surface area contributed by atoms with E-state index in [1.165, 1.54) is 0 Å². The van der Waals surface area contributed by atoms with Crippen LogP contribution in [-0.4, -0.2) is 25.0 Å². The third-order valence-corrected chi connectivity index (χ3v) is 2.83. The lowest BCUT2D eigenvalue weighted by Crippen LogP contribution is -2.22. The molecule has 0 aromatic heterocycles. The van der Waals surface area contributed by atoms with Crippen molar-refractivity contribution in [1.29, 1.82) is 0 Å². The van der Waals surface area contributed by atoms with Gasteiger partial charge in [0, 0.05) is 11.8 Å². The zero-order valence-electron chi connectivity index (χ0n) is 10.7. The third-order valence-electron chi connectivity index (χ3n) is 2.36. The van der Waals surface area contributed by atoms with Crippen molar-refractivity contribution in [3.63, 3.8) is 0 Å². The summed E-state index contributed by atoms with van der Waals surface area (Å²) in [7, 11) is 0. The second-order valence-corrected chi connectivity index (χ2v) is 4.20. The molecule has 1 aromatic carbocycles. The summed E-state index contributed by atoms with van der Waals surface area (Å²) < 4.78 is 10.9. The van der Waals surface area contributed by atoms with Gasteiger partial charge in [-0.1, -0.05) is 0 Å². The minimum absolute atomic E-state index is 0. The van der Waals surface area contributed by atoms with Crippen LogP contribution in [0.5, 0.6) is 11.5 Å². The van der Waals surface area contributed by atoms with E-state index in [1.54, 1.807) is 0 Å². The first-order chi connectivity index (χ1) is 8.26. The second-order valence-electron chi connectivity index (χ2n) is 3.84. The van der Waals surface area contributed by atoms with Crippen LogP contribution in [0, 0.1) is 0 Å². The summed E-state index contributed by atoms with van der Waals surface area (Å²) in [6.45, 7) is 3.34. The zero-order chi connectivity index (χ0) is 12.5. The largest absolute Gasteiger partial charge is 0.494 e. The highest BCUT2D eigenvalue weighted by molar-refractivity contribution is 7.80. The van der Waals surface area contributed by atoms with Gasteiger partial charge in [0.1, 0.15) is 11.5 Å². The molecule has 1 rings (SSSR count). The van der Waals surface area contributed by atoms with Crippen LogP contribution >= 0.6 is 25.0 Å². The minimum Gasteiger partial charge on any atom is -0.494 e. The standard InChI is InChI=1S/C13H21NO2S.ClH/c1-2-15-12-5-7-13(8-6-12)16-9-3-4-11(14)10-17;/h5-8,11,17H,2-4,9-10,14H2,1H3;1H. The van der Waals surface area contributed by atoms with Gasteiger partial charge in [-0.25, -0.2) is 0 Å². The Morgan fingerprint density at radius 3 is 2.22 bits per heavy atom. The van der Waals surface area contributed by atoms with Gasteiger partial charge in [0.15, 0.2) is 0 Å². The van der Waals surface area contributed by atoms with Gasteiger partial charge in [0.05, 0.1) is 13.2 Å². The molecule has 5 heteroatoms. The van der Waals surface area contributed by atoms with Gasteiger partial charge in [-0.05, 0) is 44.0 Å². The third kappa shape index (κ3) is 6.99. The second kappa shape index (κ2) is 10.4. The molecule has 0 bridgehead atoms. The Morgan fingerprint density at radius 2 is 1.72 bits per heavy atom. The maximum absolute atomic E-state index is 5.76. The number of halogens is 1. The highest BCUT2D eigenvalue weighted by atomic mass is 35.5. The lowest BCUT2D eigenvalue weighted by molar-refractivity contribution is 0.301. The molecule has 104 valence electrons. The van der Waals surface area contributed by atoms with E-state index in [9.17, 15) is 0 Å². The van der Waals surface area contributed by atoms with Crippen LogP contribution in [0.4, 0.5) is 0 Å². The molecule has 0 radical (unpaired) electrons. The first-order valence-corrected chi connectivity index (χ1v) is 6.61. The molecule has 0 saturated carbocycles. The zero-order valence-corrected chi connectivity index (χ0v) is 12.4. The molecule has 0 fully saturated rings. The predicted octanol–water partition coefficient (Wildman–Crippen LogP) is 2.92. The molecule has 0 saturated heterocycles. The van der Waals surface area contributed by atoms with E-state index in [-0.39, 0.29) is 18.4 Å². The molecule has 0 heterocycles. The lowest BCUT2D eigenvalue weighted by Gasteiger charge is -2.10. The number of benzene rings is 1. The number of hydrogen-bond acceptors (Lipinski definition) is 4. The molecule has 1 atom stereocenters. The van der Waals surface area contributed by atoms with Crippen molar-refractivity contribution < 1.29 is 9.47 Å². The highest BCUT2D eigenvalue weighted by Crippen LogP contribution is 2.17. The first-order valence-electron chi connectivity index (χ1n) is 5.98. The molecular formula is C13H22ClNO2S. The number of hydrogen-bond donors (Lipinski definition) is 2. The molecular weight excluding hydrogens is 270 g/mol. The van der Waals surface area contributed by atoms with Crippen LogP contribution in [0.15, 0.2) is 24.3 Å². The molecule has 1 aromatic rings. The lowest BCUT2D eigenvalue weighted by atomic mass is 10.2. The first kappa shape index (κ1) is 17.4. The van der Waals surface area contributed by atoms with Gasteiger partial charge in [-0.3, -0.25) is 0 Å². The van der Waals surface area contributed by atoms with Crippen LogP contribution in [0.2, 0.25) is 0 Å². The fraction of sp³-hybridized carbons (Fsp3) is 0.538. The van der Waals surface area contributed by atoms with Crippen LogP contribution in [0.1, 0.15) is 19.8 Å². The monoisotopic (exact) mass is 291 g/mol. The van der Waals surface area contributed by atoms with Crippen LogP contribution < -0.4 is 15.2 Å². The number of thiol groups is 1. The maximum Gasteiger partial charge on any atom is 0.119 e. The van der Waals surface area contributed by atoms with Crippen molar-refractivity contribution in [3.05, 3.63) is 24.3 Å². The molecule has 0 amide bonds. The normalized spacial score (nSPS) is 11.5. The molecule has 0 aliphatic heterocycles. The van der Waals surface area contributed by atoms with Gasteiger partial charge in [0.2, 0.25) is 0 Å². The van der Waals surface area contributed by atoms with Crippen molar-refractivity contribution in [3.8, 4) is 11.5 Å². The Kier molecular flexibility index (Phi) is 10.0. The smallest absolute Gasteiger partial charge is 0.119 e. The predicted molar refractivity (Wildman–Crippen MR) is 81.4 cm³/mol. The highest BCUT2D eigenvalue weighted by Gasteiger charge is 2.00. The maximum atomic E-state index is 5.76. The van der Waals surface area contributed by atoms with Crippen molar-refractivity contribution >= 4 is 25.0 Å². The van der Waals surface area contributed by atoms with E-state index < -0.39 is 0 Å². The van der Waals surface area contributed by atoms with E-state index in [0.29, 0.717) is 13.2 Å². The molecule has 18 heavy (non-hydrogen) atoms. The number of rotatable bonds is 8. The fourth-order valence-corrected chi connectivity index (χ4v) is 1.61.